The van der Waals surface area contributed by atoms with E-state index in [2.05, 4.69) is 32.2 Å². The molecule has 31 heavy (non-hydrogen) atoms. The Morgan fingerprint density at radius 3 is 2.65 bits per heavy atom. The highest BCUT2D eigenvalue weighted by Crippen LogP contribution is 2.59. The Kier molecular flexibility index (Phi) is 7.43. The summed E-state index contributed by atoms with van der Waals surface area (Å²) in [6, 6.07) is 0. The number of carbonyl (C=O) groups excluding carboxylic acids is 2. The molecule has 0 aromatic carbocycles. The summed E-state index contributed by atoms with van der Waals surface area (Å²) in [4.78, 5) is 26.2. The van der Waals surface area contributed by atoms with Crippen LogP contribution in [-0.4, -0.2) is 86.8 Å². The Labute approximate surface area is 184 Å². The zero-order valence-electron chi connectivity index (χ0n) is 19.3. The maximum absolute atomic E-state index is 12.4. The van der Waals surface area contributed by atoms with Gasteiger partial charge < -0.3 is 24.7 Å². The lowest BCUT2D eigenvalue weighted by molar-refractivity contribution is -0.126. The van der Waals surface area contributed by atoms with Crippen molar-refractivity contribution in [2.75, 3.05) is 40.4 Å². The number of alkyl carbamates (subject to hydrolysis) is 1. The minimum atomic E-state index is -0.757. The standard InChI is InChI=1S/C22H37N3O6/c1-14(2)6-7-16-21(3,31-16)19-18(28-5)15(8-9-22(19)13-29-22)30-20(27)24-17(26)12-25(4)11-10-23/h6,15-16,18-19H,7-13,23H2,1-5H3,(H,24,26,27)/t15?,16-,18?,19?,21+,22+/m1/s1. The maximum atomic E-state index is 12.4. The average molecular weight is 440 g/mol. The van der Waals surface area contributed by atoms with Gasteiger partial charge >= 0.3 is 6.09 Å². The molecule has 1 aliphatic carbocycles. The van der Waals surface area contributed by atoms with Crippen molar-refractivity contribution >= 4 is 12.0 Å². The number of likely N-dealkylation sites (N-methyl/N-ethyl adjacent to an activating group) is 1. The molecule has 9 nitrogen and oxygen atoms in total. The van der Waals surface area contributed by atoms with Gasteiger partial charge in [-0.15, -0.1) is 0 Å². The summed E-state index contributed by atoms with van der Waals surface area (Å²) in [5.41, 5.74) is 6.05. The number of nitrogens with two attached hydrogens (primary N) is 1. The van der Waals surface area contributed by atoms with E-state index in [9.17, 15) is 9.59 Å². The zero-order valence-corrected chi connectivity index (χ0v) is 19.3. The van der Waals surface area contributed by atoms with Gasteiger partial charge in [0.15, 0.2) is 0 Å². The highest BCUT2D eigenvalue weighted by molar-refractivity contribution is 5.92. The van der Waals surface area contributed by atoms with Crippen molar-refractivity contribution in [1.82, 2.24) is 10.2 Å². The third-order valence-electron chi connectivity index (χ3n) is 6.66. The van der Waals surface area contributed by atoms with Gasteiger partial charge in [-0.05, 0) is 47.1 Å². The van der Waals surface area contributed by atoms with Gasteiger partial charge in [0.25, 0.3) is 0 Å². The van der Waals surface area contributed by atoms with Gasteiger partial charge in [0, 0.05) is 20.2 Å². The van der Waals surface area contributed by atoms with Crippen LogP contribution in [0.5, 0.6) is 0 Å². The number of methoxy groups -OCH3 is 1. The molecule has 3 rings (SSSR count). The summed E-state index contributed by atoms with van der Waals surface area (Å²) in [7, 11) is 3.39. The smallest absolute Gasteiger partial charge is 0.414 e. The summed E-state index contributed by atoms with van der Waals surface area (Å²) in [6.07, 6.45) is 2.85. The fourth-order valence-electron chi connectivity index (χ4n) is 4.94. The van der Waals surface area contributed by atoms with E-state index in [1.807, 2.05) is 0 Å². The lowest BCUT2D eigenvalue weighted by Crippen LogP contribution is -2.56. The van der Waals surface area contributed by atoms with E-state index < -0.39 is 23.7 Å². The van der Waals surface area contributed by atoms with Gasteiger partial charge in [0.1, 0.15) is 23.4 Å². The number of imide groups is 1. The van der Waals surface area contributed by atoms with Gasteiger partial charge in [-0.1, -0.05) is 11.6 Å². The number of epoxide rings is 2. The number of nitrogens with one attached hydrogen (secondary N) is 1. The van der Waals surface area contributed by atoms with E-state index in [1.165, 1.54) is 5.57 Å². The lowest BCUT2D eigenvalue weighted by atomic mass is 9.68. The van der Waals surface area contributed by atoms with Crippen molar-refractivity contribution < 1.29 is 28.5 Å². The van der Waals surface area contributed by atoms with E-state index in [-0.39, 0.29) is 30.3 Å². The molecule has 0 radical (unpaired) electrons. The van der Waals surface area contributed by atoms with Crippen LogP contribution in [0.2, 0.25) is 0 Å². The van der Waals surface area contributed by atoms with Crippen molar-refractivity contribution in [2.24, 2.45) is 11.7 Å². The molecule has 0 bridgehead atoms. The molecular weight excluding hydrogens is 402 g/mol. The summed E-state index contributed by atoms with van der Waals surface area (Å²) in [6.45, 7) is 7.97. The molecule has 1 saturated carbocycles. The normalized spacial score (nSPS) is 36.2. The van der Waals surface area contributed by atoms with Crippen molar-refractivity contribution in [3.8, 4) is 0 Å². The first-order chi connectivity index (χ1) is 14.6. The van der Waals surface area contributed by atoms with Crippen LogP contribution in [0.15, 0.2) is 11.6 Å². The molecule has 0 aromatic rings. The van der Waals surface area contributed by atoms with Gasteiger partial charge in [0.2, 0.25) is 5.91 Å². The summed E-state index contributed by atoms with van der Waals surface area (Å²) in [5, 5.41) is 2.30. The first-order valence-corrected chi connectivity index (χ1v) is 11.0. The van der Waals surface area contributed by atoms with Gasteiger partial charge in [-0.25, -0.2) is 4.79 Å². The molecule has 1 spiro atoms. The quantitative estimate of drug-likeness (QED) is 0.406. The molecule has 3 unspecified atom stereocenters. The Balaban J connectivity index is 1.63. The molecule has 3 fully saturated rings. The van der Waals surface area contributed by atoms with Crippen LogP contribution < -0.4 is 11.1 Å². The number of hydrogen-bond acceptors (Lipinski definition) is 8. The van der Waals surface area contributed by atoms with Crippen molar-refractivity contribution in [1.29, 1.82) is 0 Å². The van der Waals surface area contributed by atoms with Crippen molar-refractivity contribution in [3.63, 3.8) is 0 Å². The monoisotopic (exact) mass is 439 g/mol. The van der Waals surface area contributed by atoms with E-state index in [4.69, 9.17) is 24.7 Å². The number of ether oxygens (including phenoxy) is 4. The average Bonchev–Trinajstić information content (AvgIpc) is 3.59. The molecule has 0 aromatic heterocycles. The zero-order chi connectivity index (χ0) is 22.8. The number of rotatable bonds is 9. The van der Waals surface area contributed by atoms with Crippen LogP contribution in [0.4, 0.5) is 4.79 Å². The van der Waals surface area contributed by atoms with E-state index in [0.29, 0.717) is 26.1 Å². The Hall–Kier alpha value is -1.52. The predicted octanol–water partition coefficient (Wildman–Crippen LogP) is 1.21. The molecule has 176 valence electrons. The van der Waals surface area contributed by atoms with Crippen LogP contribution in [0.1, 0.15) is 40.0 Å². The van der Waals surface area contributed by atoms with Crippen LogP contribution in [0.3, 0.4) is 0 Å². The van der Waals surface area contributed by atoms with E-state index in [0.717, 1.165) is 12.8 Å². The Morgan fingerprint density at radius 1 is 1.35 bits per heavy atom. The van der Waals surface area contributed by atoms with Crippen molar-refractivity contribution in [3.05, 3.63) is 11.6 Å². The van der Waals surface area contributed by atoms with Crippen molar-refractivity contribution in [2.45, 2.75) is 69.5 Å². The molecular formula is C22H37N3O6. The van der Waals surface area contributed by atoms with Gasteiger partial charge in [-0.3, -0.25) is 15.0 Å². The fraction of sp³-hybridized carbons (Fsp3) is 0.818. The predicted molar refractivity (Wildman–Crippen MR) is 114 cm³/mol. The van der Waals surface area contributed by atoms with Crippen LogP contribution in [-0.2, 0) is 23.7 Å². The summed E-state index contributed by atoms with van der Waals surface area (Å²) in [5.74, 6) is -0.484. The highest BCUT2D eigenvalue weighted by Gasteiger charge is 2.72. The van der Waals surface area contributed by atoms with Gasteiger partial charge in [-0.2, -0.15) is 0 Å². The molecule has 2 amide bonds. The topological polar surface area (TPSA) is 119 Å². The minimum absolute atomic E-state index is 0.0569. The van der Waals surface area contributed by atoms with Gasteiger partial charge in [0.05, 0.1) is 25.2 Å². The highest BCUT2D eigenvalue weighted by atomic mass is 16.6. The fourth-order valence-corrected chi connectivity index (χ4v) is 4.94. The second-order valence-corrected chi connectivity index (χ2v) is 9.40. The van der Waals surface area contributed by atoms with Crippen LogP contribution in [0.25, 0.3) is 0 Å². The first-order valence-electron chi connectivity index (χ1n) is 11.0. The molecule has 2 saturated heterocycles. The molecule has 2 heterocycles. The number of amides is 2. The third-order valence-corrected chi connectivity index (χ3v) is 6.66. The molecule has 6 atom stereocenters. The third kappa shape index (κ3) is 5.46. The second-order valence-electron chi connectivity index (χ2n) is 9.40. The number of carbonyl (C=O) groups is 2. The Morgan fingerprint density at radius 2 is 2.06 bits per heavy atom. The first kappa shape index (κ1) is 24.1. The number of allylic oxidation sites excluding steroid dienone is 1. The molecule has 9 heteroatoms. The second kappa shape index (κ2) is 9.54. The van der Waals surface area contributed by atoms with Crippen LogP contribution >= 0.6 is 0 Å². The SMILES string of the molecule is COC1C(OC(=O)NC(=O)CN(C)CCN)CC[C@]2(CO2)C1[C@@]1(C)O[C@@H]1CC=C(C)C. The lowest BCUT2D eigenvalue weighted by Gasteiger charge is -2.42. The van der Waals surface area contributed by atoms with Crippen LogP contribution in [0, 0.1) is 5.92 Å². The molecule has 3 aliphatic rings. The van der Waals surface area contributed by atoms with E-state index in [1.54, 1.807) is 19.1 Å². The molecule has 2 aliphatic heterocycles. The maximum Gasteiger partial charge on any atom is 0.414 e. The number of nitrogens with zero attached hydrogens (tertiary/aromatic N) is 1. The van der Waals surface area contributed by atoms with E-state index >= 15 is 0 Å². The molecule has 3 N–H and O–H groups in total. The minimum Gasteiger partial charge on any atom is -0.443 e. The summed E-state index contributed by atoms with van der Waals surface area (Å²) < 4.78 is 23.6. The summed E-state index contributed by atoms with van der Waals surface area (Å²) >= 11 is 0. The number of hydrogen-bond donors (Lipinski definition) is 2. The largest absolute Gasteiger partial charge is 0.443 e. The Bertz CT molecular complexity index is 705.